The lowest BCUT2D eigenvalue weighted by atomic mass is 9.65. The highest BCUT2D eigenvalue weighted by Crippen LogP contribution is 2.58. The van der Waals surface area contributed by atoms with Crippen LogP contribution in [0.2, 0.25) is 0 Å². The van der Waals surface area contributed by atoms with Gasteiger partial charge in [-0.1, -0.05) is 35.8 Å². The van der Waals surface area contributed by atoms with Gasteiger partial charge in [-0.3, -0.25) is 4.90 Å². The molecule has 0 saturated carbocycles. The summed E-state index contributed by atoms with van der Waals surface area (Å²) in [6.45, 7) is 5.31. The molecule has 2 atom stereocenters. The van der Waals surface area contributed by atoms with Gasteiger partial charge in [-0.05, 0) is 49.4 Å². The Labute approximate surface area is 168 Å². The molecule has 2 aromatic rings. The van der Waals surface area contributed by atoms with Gasteiger partial charge >= 0.3 is 5.97 Å². The topological polar surface area (TPSA) is 54.7 Å². The zero-order valence-electron chi connectivity index (χ0n) is 16.4. The molecule has 2 aliphatic rings. The van der Waals surface area contributed by atoms with Gasteiger partial charge in [0.2, 0.25) is 5.72 Å². The number of benzene rings is 1. The van der Waals surface area contributed by atoms with Gasteiger partial charge in [-0.25, -0.2) is 4.79 Å². The van der Waals surface area contributed by atoms with E-state index in [1.54, 1.807) is 0 Å². The highest BCUT2D eigenvalue weighted by atomic mass is 79.9. The molecule has 27 heavy (non-hydrogen) atoms. The molecule has 4 rings (SSSR count). The highest BCUT2D eigenvalue weighted by Gasteiger charge is 2.58. The quantitative estimate of drug-likeness (QED) is 0.742. The smallest absolute Gasteiger partial charge is 0.359 e. The molecule has 146 valence electrons. The first-order chi connectivity index (χ1) is 12.8. The summed E-state index contributed by atoms with van der Waals surface area (Å²) in [6.07, 6.45) is 3.05. The first-order valence-electron chi connectivity index (χ1n) is 9.67. The normalized spacial score (nSPS) is 26.8. The van der Waals surface area contributed by atoms with Gasteiger partial charge in [0.15, 0.2) is 0 Å². The Morgan fingerprint density at radius 3 is 2.70 bits per heavy atom. The van der Waals surface area contributed by atoms with Gasteiger partial charge in [-0.2, -0.15) is 0 Å². The first kappa shape index (κ1) is 19.0. The third kappa shape index (κ3) is 2.39. The number of fused-ring (bicyclic) bond motifs is 3. The second-order valence-electron chi connectivity index (χ2n) is 8.05. The van der Waals surface area contributed by atoms with E-state index in [1.165, 1.54) is 12.7 Å². The Balaban J connectivity index is 2.15. The Morgan fingerprint density at radius 2 is 2.07 bits per heavy atom. The molecule has 0 radical (unpaired) electrons. The second-order valence-corrected chi connectivity index (χ2v) is 8.96. The molecule has 5 nitrogen and oxygen atoms in total. The fourth-order valence-corrected chi connectivity index (χ4v) is 5.91. The van der Waals surface area contributed by atoms with E-state index in [4.69, 9.17) is 4.74 Å². The molecule has 0 aliphatic carbocycles. The van der Waals surface area contributed by atoms with Crippen molar-refractivity contribution in [1.29, 1.82) is 0 Å². The number of halogens is 1. The van der Waals surface area contributed by atoms with Gasteiger partial charge in [-0.15, -0.1) is 0 Å². The second kappa shape index (κ2) is 6.33. The van der Waals surface area contributed by atoms with E-state index in [1.807, 2.05) is 16.7 Å². The minimum atomic E-state index is -1.69. The number of esters is 1. The molecule has 2 aliphatic heterocycles. The van der Waals surface area contributed by atoms with Crippen LogP contribution < -0.4 is 0 Å². The maximum Gasteiger partial charge on any atom is 0.359 e. The molecule has 0 amide bonds. The van der Waals surface area contributed by atoms with E-state index < -0.39 is 11.7 Å². The Kier molecular flexibility index (Phi) is 4.44. The highest BCUT2D eigenvalue weighted by molar-refractivity contribution is 9.10. The molecule has 1 N–H and O–H groups in total. The number of aliphatic hydroxyl groups is 1. The Hall–Kier alpha value is -1.37. The summed E-state index contributed by atoms with van der Waals surface area (Å²) in [6, 6.07) is 6.30. The molecular formula is C21H27BrN2O3. The molecule has 0 saturated heterocycles. The zero-order valence-corrected chi connectivity index (χ0v) is 18.0. The molecule has 1 aromatic heterocycles. The average Bonchev–Trinajstić information content (AvgIpc) is 2.99. The van der Waals surface area contributed by atoms with Crippen LogP contribution >= 0.6 is 15.9 Å². The number of methoxy groups -OCH3 is 1. The van der Waals surface area contributed by atoms with Gasteiger partial charge in [0, 0.05) is 28.5 Å². The predicted molar refractivity (Wildman–Crippen MR) is 109 cm³/mol. The first-order valence-corrected chi connectivity index (χ1v) is 10.5. The van der Waals surface area contributed by atoms with Crippen molar-refractivity contribution >= 4 is 32.8 Å². The number of aromatic nitrogens is 1. The lowest BCUT2D eigenvalue weighted by molar-refractivity contribution is -0.190. The van der Waals surface area contributed by atoms with Crippen molar-refractivity contribution in [2.75, 3.05) is 20.7 Å². The van der Waals surface area contributed by atoms with Crippen LogP contribution in [0.15, 0.2) is 22.7 Å². The predicted octanol–water partition coefficient (Wildman–Crippen LogP) is 3.96. The van der Waals surface area contributed by atoms with E-state index in [-0.39, 0.29) is 11.5 Å². The van der Waals surface area contributed by atoms with Crippen LogP contribution in [0.25, 0.3) is 10.9 Å². The molecule has 6 heteroatoms. The van der Waals surface area contributed by atoms with Crippen molar-refractivity contribution in [3.8, 4) is 0 Å². The van der Waals surface area contributed by atoms with E-state index in [2.05, 4.69) is 47.8 Å². The molecule has 3 heterocycles. The van der Waals surface area contributed by atoms with Crippen LogP contribution in [0.4, 0.5) is 0 Å². The average molecular weight is 435 g/mol. The summed E-state index contributed by atoms with van der Waals surface area (Å²) in [7, 11) is 3.51. The van der Waals surface area contributed by atoms with E-state index >= 15 is 0 Å². The van der Waals surface area contributed by atoms with Crippen LogP contribution in [0.5, 0.6) is 0 Å². The molecular weight excluding hydrogens is 408 g/mol. The largest absolute Gasteiger partial charge is 0.465 e. The van der Waals surface area contributed by atoms with Crippen molar-refractivity contribution in [2.45, 2.75) is 51.3 Å². The number of likely N-dealkylation sites (N-methyl/N-ethyl adjacent to an activating group) is 1. The van der Waals surface area contributed by atoms with Crippen LogP contribution in [0.3, 0.4) is 0 Å². The molecule has 0 unspecified atom stereocenters. The van der Waals surface area contributed by atoms with Gasteiger partial charge in [0.1, 0.15) is 0 Å². The fraction of sp³-hybridized carbons (Fsp3) is 0.571. The van der Waals surface area contributed by atoms with Crippen LogP contribution in [-0.4, -0.2) is 41.2 Å². The standard InChI is InChI=1S/C21H27BrN2O3/c1-5-20(6-2)12-21(26,19(25)27-4)24-16-11-13(22)7-8-14(16)15-9-10-23(3)18(20)17(15)24/h7-8,11,18,26H,5-6,9-10,12H2,1-4H3/t18-,21+/m1/s1. The third-order valence-electron chi connectivity index (χ3n) is 6.96. The van der Waals surface area contributed by atoms with Crippen molar-refractivity contribution < 1.29 is 14.6 Å². The van der Waals surface area contributed by atoms with Crippen molar-refractivity contribution in [3.63, 3.8) is 0 Å². The Morgan fingerprint density at radius 1 is 1.37 bits per heavy atom. The number of ether oxygens (including phenoxy) is 1. The maximum atomic E-state index is 12.9. The van der Waals surface area contributed by atoms with Crippen LogP contribution in [0.1, 0.15) is 50.4 Å². The number of carbonyl (C=O) groups is 1. The SMILES string of the molecule is CCC1(CC)C[C@](O)(C(=O)OC)n2c3c(c4ccc(Br)cc42)CCN(C)[C@H]31. The van der Waals surface area contributed by atoms with Crippen LogP contribution in [0, 0.1) is 5.41 Å². The van der Waals surface area contributed by atoms with E-state index in [0.717, 1.165) is 46.9 Å². The molecule has 0 spiro atoms. The third-order valence-corrected chi connectivity index (χ3v) is 7.45. The summed E-state index contributed by atoms with van der Waals surface area (Å²) >= 11 is 3.55. The monoisotopic (exact) mass is 434 g/mol. The minimum absolute atomic E-state index is 0.173. The molecule has 0 fully saturated rings. The lowest BCUT2D eigenvalue weighted by Gasteiger charge is -2.54. The van der Waals surface area contributed by atoms with Crippen molar-refractivity contribution in [2.24, 2.45) is 5.41 Å². The van der Waals surface area contributed by atoms with Crippen molar-refractivity contribution in [3.05, 3.63) is 33.9 Å². The summed E-state index contributed by atoms with van der Waals surface area (Å²) in [4.78, 5) is 15.3. The van der Waals surface area contributed by atoms with Crippen LogP contribution in [-0.2, 0) is 21.7 Å². The fourth-order valence-electron chi connectivity index (χ4n) is 5.56. The van der Waals surface area contributed by atoms with E-state index in [9.17, 15) is 9.90 Å². The van der Waals surface area contributed by atoms with Gasteiger partial charge < -0.3 is 14.4 Å². The minimum Gasteiger partial charge on any atom is -0.465 e. The molecule has 1 aromatic carbocycles. The van der Waals surface area contributed by atoms with E-state index in [0.29, 0.717) is 6.42 Å². The Bertz CT molecular complexity index is 918. The number of hydrogen-bond donors (Lipinski definition) is 1. The number of hydrogen-bond acceptors (Lipinski definition) is 4. The van der Waals surface area contributed by atoms with Crippen molar-refractivity contribution in [1.82, 2.24) is 9.47 Å². The maximum absolute atomic E-state index is 12.9. The summed E-state index contributed by atoms with van der Waals surface area (Å²) < 4.78 is 7.90. The zero-order chi connectivity index (χ0) is 19.6. The van der Waals surface area contributed by atoms with Gasteiger partial charge in [0.25, 0.3) is 0 Å². The number of nitrogens with zero attached hydrogens (tertiary/aromatic N) is 2. The summed E-state index contributed by atoms with van der Waals surface area (Å²) in [5.41, 5.74) is 1.35. The molecule has 0 bridgehead atoms. The number of rotatable bonds is 3. The summed E-state index contributed by atoms with van der Waals surface area (Å²) in [5, 5.41) is 12.9. The number of carbonyl (C=O) groups excluding carboxylic acids is 1. The lowest BCUT2D eigenvalue weighted by Crippen LogP contribution is -2.57. The van der Waals surface area contributed by atoms with Gasteiger partial charge in [0.05, 0.1) is 18.7 Å². The summed E-state index contributed by atoms with van der Waals surface area (Å²) in [5.74, 6) is -0.583.